The van der Waals surface area contributed by atoms with E-state index in [4.69, 9.17) is 5.26 Å². The summed E-state index contributed by atoms with van der Waals surface area (Å²) >= 11 is 0. The van der Waals surface area contributed by atoms with E-state index in [0.717, 1.165) is 19.3 Å². The Labute approximate surface area is 95.1 Å². The van der Waals surface area contributed by atoms with Crippen molar-refractivity contribution in [3.05, 3.63) is 11.1 Å². The van der Waals surface area contributed by atoms with Crippen LogP contribution in [0.25, 0.3) is 0 Å². The summed E-state index contributed by atoms with van der Waals surface area (Å²) in [6, 6.07) is 2.07. The van der Waals surface area contributed by atoms with Crippen LogP contribution in [0.3, 0.4) is 0 Å². The third-order valence-corrected chi connectivity index (χ3v) is 3.46. The lowest BCUT2D eigenvalue weighted by atomic mass is 9.80. The molecule has 0 aliphatic heterocycles. The van der Waals surface area contributed by atoms with E-state index in [0.29, 0.717) is 18.4 Å². The molecule has 0 bridgehead atoms. The summed E-state index contributed by atoms with van der Waals surface area (Å²) < 4.78 is 0. The summed E-state index contributed by atoms with van der Waals surface area (Å²) in [4.78, 5) is 23.8. The highest BCUT2D eigenvalue weighted by Gasteiger charge is 2.37. The average Bonchev–Trinajstić information content (AvgIpc) is 3.06. The number of Topliss-reactive ketones (excluding diaryl/α,β-unsaturated/α-hetero) is 2. The number of nitrogens with zero attached hydrogens (tertiary/aromatic N) is 1. The van der Waals surface area contributed by atoms with Crippen molar-refractivity contribution >= 4 is 11.6 Å². The molecule has 0 heterocycles. The van der Waals surface area contributed by atoms with Gasteiger partial charge in [0.15, 0.2) is 11.6 Å². The van der Waals surface area contributed by atoms with Crippen LogP contribution in [0.5, 0.6) is 0 Å². The zero-order chi connectivity index (χ0) is 11.7. The molecule has 0 radical (unpaired) electrons. The van der Waals surface area contributed by atoms with Crippen LogP contribution in [0.2, 0.25) is 0 Å². The number of allylic oxidation sites excluding steroid dienone is 2. The molecule has 0 spiro atoms. The maximum atomic E-state index is 11.9. The summed E-state index contributed by atoms with van der Waals surface area (Å²) in [7, 11) is 0. The summed E-state index contributed by atoms with van der Waals surface area (Å²) in [6.07, 6.45) is 3.63. The van der Waals surface area contributed by atoms with E-state index >= 15 is 0 Å². The van der Waals surface area contributed by atoms with Gasteiger partial charge in [0.05, 0.1) is 11.6 Å². The minimum absolute atomic E-state index is 0.105. The average molecular weight is 217 g/mol. The fourth-order valence-corrected chi connectivity index (χ4v) is 2.27. The molecule has 2 saturated carbocycles. The maximum Gasteiger partial charge on any atom is 0.167 e. The molecule has 2 fully saturated rings. The number of rotatable bonds is 2. The van der Waals surface area contributed by atoms with Gasteiger partial charge in [0.2, 0.25) is 0 Å². The lowest BCUT2D eigenvalue weighted by Crippen LogP contribution is -2.27. The van der Waals surface area contributed by atoms with Gasteiger partial charge in [-0.3, -0.25) is 9.59 Å². The number of hydrogen-bond donors (Lipinski definition) is 0. The van der Waals surface area contributed by atoms with Gasteiger partial charge >= 0.3 is 0 Å². The van der Waals surface area contributed by atoms with Crippen LogP contribution in [0.15, 0.2) is 11.1 Å². The molecule has 0 N–H and O–H groups in total. The molecular formula is C13H15NO2. The Hall–Kier alpha value is -1.43. The zero-order valence-electron chi connectivity index (χ0n) is 9.45. The van der Waals surface area contributed by atoms with E-state index in [-0.39, 0.29) is 29.0 Å². The Bertz CT molecular complexity index is 390. The van der Waals surface area contributed by atoms with Gasteiger partial charge in [-0.1, -0.05) is 13.3 Å². The van der Waals surface area contributed by atoms with Crippen molar-refractivity contribution < 1.29 is 9.59 Å². The van der Waals surface area contributed by atoms with Crippen molar-refractivity contribution in [3.63, 3.8) is 0 Å². The van der Waals surface area contributed by atoms with Gasteiger partial charge in [-0.05, 0) is 24.7 Å². The third kappa shape index (κ3) is 1.92. The minimum Gasteiger partial charge on any atom is -0.294 e. The highest BCUT2D eigenvalue weighted by Crippen LogP contribution is 2.40. The van der Waals surface area contributed by atoms with Crippen molar-refractivity contribution in [2.24, 2.45) is 11.8 Å². The molecule has 0 unspecified atom stereocenters. The zero-order valence-corrected chi connectivity index (χ0v) is 9.45. The van der Waals surface area contributed by atoms with Crippen molar-refractivity contribution in [3.8, 4) is 6.07 Å². The molecule has 0 aromatic heterocycles. The molecule has 2 aliphatic rings. The van der Waals surface area contributed by atoms with Crippen LogP contribution in [-0.2, 0) is 9.59 Å². The number of nitriles is 1. The van der Waals surface area contributed by atoms with Gasteiger partial charge in [-0.2, -0.15) is 5.26 Å². The molecule has 2 aliphatic carbocycles. The fourth-order valence-electron chi connectivity index (χ4n) is 2.27. The van der Waals surface area contributed by atoms with Crippen LogP contribution in [0, 0.1) is 23.2 Å². The first-order valence-corrected chi connectivity index (χ1v) is 5.88. The molecule has 0 atom stereocenters. The van der Waals surface area contributed by atoms with Crippen LogP contribution in [0.4, 0.5) is 0 Å². The van der Waals surface area contributed by atoms with Gasteiger partial charge in [-0.15, -0.1) is 0 Å². The van der Waals surface area contributed by atoms with Gasteiger partial charge < -0.3 is 0 Å². The highest BCUT2D eigenvalue weighted by atomic mass is 16.1. The van der Waals surface area contributed by atoms with Gasteiger partial charge in [-0.25, -0.2) is 0 Å². The Morgan fingerprint density at radius 1 is 1.31 bits per heavy atom. The van der Waals surface area contributed by atoms with Crippen LogP contribution in [0.1, 0.15) is 39.0 Å². The molecule has 84 valence electrons. The molecule has 0 aromatic rings. The quantitative estimate of drug-likeness (QED) is 0.404. The number of carbonyl (C=O) groups excluding carboxylic acids is 2. The summed E-state index contributed by atoms with van der Waals surface area (Å²) in [5, 5.41) is 9.04. The second-order valence-electron chi connectivity index (χ2n) is 4.70. The Balaban J connectivity index is 2.31. The summed E-state index contributed by atoms with van der Waals surface area (Å²) in [5.41, 5.74) is 0.694. The molecule has 0 aromatic carbocycles. The molecule has 2 rings (SSSR count). The molecule has 3 heteroatoms. The van der Waals surface area contributed by atoms with Gasteiger partial charge in [0, 0.05) is 18.4 Å². The molecule has 3 nitrogen and oxygen atoms in total. The smallest absolute Gasteiger partial charge is 0.167 e. The fraction of sp³-hybridized carbons (Fsp3) is 0.615. The van der Waals surface area contributed by atoms with E-state index < -0.39 is 0 Å². The minimum atomic E-state index is -0.105. The van der Waals surface area contributed by atoms with Crippen molar-refractivity contribution in [2.75, 3.05) is 0 Å². The van der Waals surface area contributed by atoms with Crippen molar-refractivity contribution in [1.29, 1.82) is 5.26 Å². The van der Waals surface area contributed by atoms with Crippen LogP contribution < -0.4 is 0 Å². The lowest BCUT2D eigenvalue weighted by Gasteiger charge is -2.21. The first kappa shape index (κ1) is 11.1. The first-order chi connectivity index (χ1) is 7.67. The second kappa shape index (κ2) is 4.21. The Morgan fingerprint density at radius 2 is 1.88 bits per heavy atom. The van der Waals surface area contributed by atoms with Crippen molar-refractivity contribution in [1.82, 2.24) is 0 Å². The van der Waals surface area contributed by atoms with E-state index in [1.807, 2.05) is 6.92 Å². The predicted octanol–water partition coefficient (Wildman–Crippen LogP) is 2.17. The third-order valence-electron chi connectivity index (χ3n) is 3.46. The molecule has 16 heavy (non-hydrogen) atoms. The summed E-state index contributed by atoms with van der Waals surface area (Å²) in [5.74, 6) is 0.159. The topological polar surface area (TPSA) is 57.9 Å². The number of hydrogen-bond acceptors (Lipinski definition) is 3. The van der Waals surface area contributed by atoms with Crippen molar-refractivity contribution in [2.45, 2.75) is 39.0 Å². The van der Waals surface area contributed by atoms with Crippen LogP contribution >= 0.6 is 0 Å². The SMILES string of the molecule is CCC1CC(=O)C(=C(C#N)C2CC2)C(=O)C1. The maximum absolute atomic E-state index is 11.9. The number of ketones is 2. The Kier molecular flexibility index (Phi) is 2.91. The van der Waals surface area contributed by atoms with E-state index in [1.165, 1.54) is 0 Å². The monoisotopic (exact) mass is 217 g/mol. The van der Waals surface area contributed by atoms with E-state index in [9.17, 15) is 9.59 Å². The standard InChI is InChI=1S/C13H15NO2/c1-2-8-5-11(15)13(12(16)6-8)10(7-14)9-3-4-9/h8-9H,2-6H2,1H3. The summed E-state index contributed by atoms with van der Waals surface area (Å²) in [6.45, 7) is 1.99. The van der Waals surface area contributed by atoms with Gasteiger partial charge in [0.1, 0.15) is 0 Å². The van der Waals surface area contributed by atoms with E-state index in [1.54, 1.807) is 0 Å². The molecular weight excluding hydrogens is 202 g/mol. The Morgan fingerprint density at radius 3 is 2.25 bits per heavy atom. The van der Waals surface area contributed by atoms with Crippen LogP contribution in [-0.4, -0.2) is 11.6 Å². The predicted molar refractivity (Wildman–Crippen MR) is 58.4 cm³/mol. The molecule has 0 amide bonds. The molecule has 0 saturated heterocycles. The first-order valence-electron chi connectivity index (χ1n) is 5.88. The number of carbonyl (C=O) groups is 2. The normalized spacial score (nSPS) is 25.5. The lowest BCUT2D eigenvalue weighted by molar-refractivity contribution is -0.125. The van der Waals surface area contributed by atoms with Gasteiger partial charge in [0.25, 0.3) is 0 Å². The second-order valence-corrected chi connectivity index (χ2v) is 4.70. The highest BCUT2D eigenvalue weighted by molar-refractivity contribution is 6.23. The van der Waals surface area contributed by atoms with E-state index in [2.05, 4.69) is 6.07 Å². The largest absolute Gasteiger partial charge is 0.294 e.